The van der Waals surface area contributed by atoms with Crippen molar-refractivity contribution in [2.45, 2.75) is 11.4 Å². The first-order valence-corrected chi connectivity index (χ1v) is 13.9. The summed E-state index contributed by atoms with van der Waals surface area (Å²) in [7, 11) is -3.68. The third-order valence-corrected chi connectivity index (χ3v) is 7.06. The van der Waals surface area contributed by atoms with E-state index in [2.05, 4.69) is 15.4 Å². The van der Waals surface area contributed by atoms with Crippen molar-refractivity contribution >= 4 is 38.9 Å². The van der Waals surface area contributed by atoms with Gasteiger partial charge in [0.05, 0.1) is 4.90 Å². The zero-order chi connectivity index (χ0) is 27.5. The second-order valence-corrected chi connectivity index (χ2v) is 10.5. The fourth-order valence-electron chi connectivity index (χ4n) is 3.45. The number of rotatable bonds is 11. The van der Waals surface area contributed by atoms with Crippen molar-refractivity contribution in [3.63, 3.8) is 0 Å². The standard InChI is InChI=1S/C29H27N3O5S2/c33-28(23-11-15-26(16-12-23)37-20-19-36-25-9-5-2-6-10-25)32-29(38)31-24-13-17-27(18-14-24)39(34,35)30-21-22-7-3-1-4-8-22/h1-18,30H,19-21H2,(H2,31,32,33,38). The van der Waals surface area contributed by atoms with Crippen molar-refractivity contribution in [3.05, 3.63) is 120 Å². The first kappa shape index (κ1) is 27.8. The van der Waals surface area contributed by atoms with E-state index in [1.165, 1.54) is 12.1 Å². The predicted octanol–water partition coefficient (Wildman–Crippen LogP) is 4.75. The van der Waals surface area contributed by atoms with Gasteiger partial charge in [-0.15, -0.1) is 0 Å². The Morgan fingerprint density at radius 1 is 0.718 bits per heavy atom. The molecule has 8 nitrogen and oxygen atoms in total. The van der Waals surface area contributed by atoms with E-state index in [1.54, 1.807) is 36.4 Å². The molecule has 0 fully saturated rings. The fraction of sp³-hybridized carbons (Fsp3) is 0.103. The Balaban J connectivity index is 1.22. The molecule has 4 aromatic rings. The number of hydrogen-bond donors (Lipinski definition) is 3. The van der Waals surface area contributed by atoms with Gasteiger partial charge in [0.25, 0.3) is 5.91 Å². The van der Waals surface area contributed by atoms with Crippen molar-refractivity contribution in [2.75, 3.05) is 18.5 Å². The molecule has 200 valence electrons. The molecule has 0 heterocycles. The van der Waals surface area contributed by atoms with Gasteiger partial charge in [-0.25, -0.2) is 13.1 Å². The molecule has 0 aliphatic heterocycles. The van der Waals surface area contributed by atoms with E-state index in [9.17, 15) is 13.2 Å². The van der Waals surface area contributed by atoms with Crippen molar-refractivity contribution in [2.24, 2.45) is 0 Å². The molecule has 0 atom stereocenters. The van der Waals surface area contributed by atoms with Gasteiger partial charge >= 0.3 is 0 Å². The molecule has 0 bridgehead atoms. The van der Waals surface area contributed by atoms with Gasteiger partial charge in [-0.1, -0.05) is 48.5 Å². The summed E-state index contributed by atoms with van der Waals surface area (Å²) in [5, 5.41) is 5.57. The maximum Gasteiger partial charge on any atom is 0.257 e. The lowest BCUT2D eigenvalue weighted by atomic mass is 10.2. The number of carbonyl (C=O) groups excluding carboxylic acids is 1. The van der Waals surface area contributed by atoms with E-state index in [0.29, 0.717) is 30.2 Å². The quantitative estimate of drug-likeness (QED) is 0.179. The number of benzene rings is 4. The third-order valence-electron chi connectivity index (χ3n) is 5.44. The molecular weight excluding hydrogens is 534 g/mol. The van der Waals surface area contributed by atoms with Crippen LogP contribution in [0.25, 0.3) is 0 Å². The summed E-state index contributed by atoms with van der Waals surface area (Å²) in [6.07, 6.45) is 0. The molecule has 0 saturated heterocycles. The minimum Gasteiger partial charge on any atom is -0.490 e. The summed E-state index contributed by atoms with van der Waals surface area (Å²) in [4.78, 5) is 12.7. The highest BCUT2D eigenvalue weighted by Crippen LogP contribution is 2.16. The van der Waals surface area contributed by atoms with Crippen LogP contribution in [0.5, 0.6) is 11.5 Å². The van der Waals surface area contributed by atoms with Crippen LogP contribution < -0.4 is 24.8 Å². The molecule has 4 rings (SSSR count). The van der Waals surface area contributed by atoms with Crippen LogP contribution >= 0.6 is 12.2 Å². The van der Waals surface area contributed by atoms with Gasteiger partial charge < -0.3 is 14.8 Å². The Morgan fingerprint density at radius 2 is 1.28 bits per heavy atom. The highest BCUT2D eigenvalue weighted by Gasteiger charge is 2.14. The van der Waals surface area contributed by atoms with Crippen LogP contribution in [0.4, 0.5) is 5.69 Å². The highest BCUT2D eigenvalue weighted by molar-refractivity contribution is 7.89. The summed E-state index contributed by atoms with van der Waals surface area (Å²) in [6.45, 7) is 0.940. The van der Waals surface area contributed by atoms with Gasteiger partial charge in [0, 0.05) is 17.8 Å². The number of amides is 1. The fourth-order valence-corrected chi connectivity index (χ4v) is 4.68. The Kier molecular flexibility index (Phi) is 9.63. The van der Waals surface area contributed by atoms with Gasteiger partial charge in [-0.3, -0.25) is 10.1 Å². The molecule has 0 saturated carbocycles. The first-order valence-electron chi connectivity index (χ1n) is 12.1. The van der Waals surface area contributed by atoms with Crippen LogP contribution in [0.15, 0.2) is 114 Å². The molecular formula is C29H27N3O5S2. The molecule has 39 heavy (non-hydrogen) atoms. The second kappa shape index (κ2) is 13.5. The van der Waals surface area contributed by atoms with E-state index in [4.69, 9.17) is 21.7 Å². The minimum absolute atomic E-state index is 0.0798. The lowest BCUT2D eigenvalue weighted by Gasteiger charge is -2.12. The minimum atomic E-state index is -3.68. The van der Waals surface area contributed by atoms with E-state index < -0.39 is 15.9 Å². The summed E-state index contributed by atoms with van der Waals surface area (Å²) in [5.74, 6) is 0.988. The van der Waals surface area contributed by atoms with Crippen LogP contribution in [0.2, 0.25) is 0 Å². The van der Waals surface area contributed by atoms with Gasteiger partial charge in [0.2, 0.25) is 10.0 Å². The topological polar surface area (TPSA) is 106 Å². The van der Waals surface area contributed by atoms with E-state index in [0.717, 1.165) is 11.3 Å². The molecule has 0 aliphatic carbocycles. The van der Waals surface area contributed by atoms with Crippen LogP contribution in [-0.2, 0) is 16.6 Å². The molecule has 0 aromatic heterocycles. The number of anilines is 1. The predicted molar refractivity (Wildman–Crippen MR) is 154 cm³/mol. The Morgan fingerprint density at radius 3 is 1.90 bits per heavy atom. The highest BCUT2D eigenvalue weighted by atomic mass is 32.2. The molecule has 0 radical (unpaired) electrons. The third kappa shape index (κ3) is 8.64. The van der Waals surface area contributed by atoms with Gasteiger partial charge in [0.1, 0.15) is 24.7 Å². The average molecular weight is 562 g/mol. The zero-order valence-electron chi connectivity index (χ0n) is 20.9. The SMILES string of the molecule is O=C(NC(=S)Nc1ccc(S(=O)(=O)NCc2ccccc2)cc1)c1ccc(OCCOc2ccccc2)cc1. The van der Waals surface area contributed by atoms with Gasteiger partial charge in [0.15, 0.2) is 5.11 Å². The average Bonchev–Trinajstić information content (AvgIpc) is 2.96. The monoisotopic (exact) mass is 561 g/mol. The molecule has 10 heteroatoms. The molecule has 3 N–H and O–H groups in total. The largest absolute Gasteiger partial charge is 0.490 e. The van der Waals surface area contributed by atoms with Gasteiger partial charge in [-0.05, 0) is 78.4 Å². The smallest absolute Gasteiger partial charge is 0.257 e. The number of nitrogens with one attached hydrogen (secondary N) is 3. The molecule has 1 amide bonds. The summed E-state index contributed by atoms with van der Waals surface area (Å²) in [6, 6.07) is 31.4. The van der Waals surface area contributed by atoms with Crippen molar-refractivity contribution in [3.8, 4) is 11.5 Å². The van der Waals surface area contributed by atoms with Crippen molar-refractivity contribution in [1.29, 1.82) is 0 Å². The number of carbonyl (C=O) groups is 1. The molecule has 0 aliphatic rings. The molecule has 0 unspecified atom stereocenters. The Labute approximate surface area is 233 Å². The maximum atomic E-state index is 12.6. The number of para-hydroxylation sites is 1. The second-order valence-electron chi connectivity index (χ2n) is 8.28. The number of sulfonamides is 1. The number of thiocarbonyl (C=S) groups is 1. The maximum absolute atomic E-state index is 12.6. The Hall–Kier alpha value is -4.25. The van der Waals surface area contributed by atoms with Crippen LogP contribution in [0.1, 0.15) is 15.9 Å². The lowest BCUT2D eigenvalue weighted by Crippen LogP contribution is -2.34. The van der Waals surface area contributed by atoms with Crippen molar-refractivity contribution < 1.29 is 22.7 Å². The molecule has 0 spiro atoms. The van der Waals surface area contributed by atoms with Crippen molar-refractivity contribution in [1.82, 2.24) is 10.0 Å². The molecule has 4 aromatic carbocycles. The first-order chi connectivity index (χ1) is 18.9. The summed E-state index contributed by atoms with van der Waals surface area (Å²) in [5.41, 5.74) is 1.79. The number of ether oxygens (including phenoxy) is 2. The summed E-state index contributed by atoms with van der Waals surface area (Å²) < 4.78 is 39.0. The number of hydrogen-bond acceptors (Lipinski definition) is 6. The zero-order valence-corrected chi connectivity index (χ0v) is 22.5. The Bertz CT molecular complexity index is 1480. The lowest BCUT2D eigenvalue weighted by molar-refractivity contribution is 0.0977. The van der Waals surface area contributed by atoms with E-state index >= 15 is 0 Å². The van der Waals surface area contributed by atoms with Gasteiger partial charge in [-0.2, -0.15) is 0 Å². The van der Waals surface area contributed by atoms with Crippen LogP contribution in [-0.4, -0.2) is 32.7 Å². The van der Waals surface area contributed by atoms with Crippen LogP contribution in [0, 0.1) is 0 Å². The van der Waals surface area contributed by atoms with Crippen LogP contribution in [0.3, 0.4) is 0 Å². The van der Waals surface area contributed by atoms with E-state index in [1.807, 2.05) is 60.7 Å². The summed E-state index contributed by atoms with van der Waals surface area (Å²) >= 11 is 5.24. The van der Waals surface area contributed by atoms with E-state index in [-0.39, 0.29) is 16.6 Å². The normalized spacial score (nSPS) is 10.9.